The van der Waals surface area contributed by atoms with Crippen LogP contribution in [0.3, 0.4) is 0 Å². The second kappa shape index (κ2) is 5.27. The molecular formula is C10H10BrN3S2. The Morgan fingerprint density at radius 2 is 2.25 bits per heavy atom. The van der Waals surface area contributed by atoms with Crippen molar-refractivity contribution in [1.82, 2.24) is 10.2 Å². The number of benzene rings is 1. The van der Waals surface area contributed by atoms with E-state index in [0.29, 0.717) is 6.54 Å². The molecule has 3 nitrogen and oxygen atoms in total. The van der Waals surface area contributed by atoms with Gasteiger partial charge in [-0.1, -0.05) is 45.1 Å². The SMILES string of the molecule is Cc1nnc(Sc2cccc(Br)c2CN)s1. The van der Waals surface area contributed by atoms with Crippen LogP contribution < -0.4 is 5.73 Å². The maximum absolute atomic E-state index is 5.73. The van der Waals surface area contributed by atoms with Crippen molar-refractivity contribution in [1.29, 1.82) is 0 Å². The Labute approximate surface area is 111 Å². The van der Waals surface area contributed by atoms with Gasteiger partial charge in [-0.05, 0) is 24.6 Å². The molecule has 0 unspecified atom stereocenters. The molecule has 0 amide bonds. The highest BCUT2D eigenvalue weighted by Crippen LogP contribution is 2.34. The lowest BCUT2D eigenvalue weighted by Gasteiger charge is -2.06. The van der Waals surface area contributed by atoms with Crippen LogP contribution in [0, 0.1) is 6.92 Å². The van der Waals surface area contributed by atoms with E-state index in [1.165, 1.54) is 0 Å². The third-order valence-electron chi connectivity index (χ3n) is 1.98. The lowest BCUT2D eigenvalue weighted by Crippen LogP contribution is -1.99. The summed E-state index contributed by atoms with van der Waals surface area (Å²) in [6.07, 6.45) is 0. The average Bonchev–Trinajstić information content (AvgIpc) is 2.64. The van der Waals surface area contributed by atoms with Gasteiger partial charge < -0.3 is 5.73 Å². The molecule has 0 aliphatic rings. The molecule has 0 fully saturated rings. The molecule has 6 heteroatoms. The summed E-state index contributed by atoms with van der Waals surface area (Å²) in [6.45, 7) is 2.47. The maximum atomic E-state index is 5.73. The highest BCUT2D eigenvalue weighted by atomic mass is 79.9. The van der Waals surface area contributed by atoms with Gasteiger partial charge in [0.25, 0.3) is 0 Å². The molecule has 0 aliphatic carbocycles. The summed E-state index contributed by atoms with van der Waals surface area (Å²) in [4.78, 5) is 1.13. The van der Waals surface area contributed by atoms with Crippen molar-refractivity contribution in [2.45, 2.75) is 22.7 Å². The molecule has 0 aliphatic heterocycles. The van der Waals surface area contributed by atoms with E-state index < -0.39 is 0 Å². The zero-order valence-corrected chi connectivity index (χ0v) is 11.8. The van der Waals surface area contributed by atoms with Gasteiger partial charge in [0, 0.05) is 15.9 Å². The van der Waals surface area contributed by atoms with Gasteiger partial charge in [0.05, 0.1) is 0 Å². The van der Waals surface area contributed by atoms with Crippen molar-refractivity contribution in [2.75, 3.05) is 0 Å². The molecule has 0 spiro atoms. The van der Waals surface area contributed by atoms with E-state index in [0.717, 1.165) is 24.3 Å². The normalized spacial score (nSPS) is 10.7. The van der Waals surface area contributed by atoms with E-state index >= 15 is 0 Å². The summed E-state index contributed by atoms with van der Waals surface area (Å²) in [5.74, 6) is 0. The first-order chi connectivity index (χ1) is 7.70. The van der Waals surface area contributed by atoms with E-state index in [2.05, 4.69) is 26.1 Å². The fourth-order valence-electron chi connectivity index (χ4n) is 1.25. The quantitative estimate of drug-likeness (QED) is 0.944. The van der Waals surface area contributed by atoms with Crippen molar-refractivity contribution < 1.29 is 0 Å². The van der Waals surface area contributed by atoms with E-state index in [1.807, 2.05) is 25.1 Å². The number of hydrogen-bond donors (Lipinski definition) is 1. The molecular weight excluding hydrogens is 306 g/mol. The van der Waals surface area contributed by atoms with Crippen LogP contribution in [-0.4, -0.2) is 10.2 Å². The second-order valence-corrected chi connectivity index (χ2v) is 6.43. The Kier molecular flexibility index (Phi) is 3.96. The Hall–Kier alpha value is -0.430. The maximum Gasteiger partial charge on any atom is 0.179 e. The highest BCUT2D eigenvalue weighted by molar-refractivity contribution is 9.10. The monoisotopic (exact) mass is 315 g/mol. The Morgan fingerprint density at radius 3 is 2.88 bits per heavy atom. The first-order valence-corrected chi connectivity index (χ1v) is 7.08. The molecule has 84 valence electrons. The van der Waals surface area contributed by atoms with Gasteiger partial charge in [0.2, 0.25) is 0 Å². The predicted octanol–water partition coefficient (Wildman–Crippen LogP) is 3.22. The van der Waals surface area contributed by atoms with Gasteiger partial charge in [-0.2, -0.15) is 0 Å². The molecule has 0 radical (unpaired) electrons. The van der Waals surface area contributed by atoms with E-state index in [9.17, 15) is 0 Å². The average molecular weight is 316 g/mol. The number of halogens is 1. The van der Waals surface area contributed by atoms with Gasteiger partial charge in [-0.15, -0.1) is 10.2 Å². The van der Waals surface area contributed by atoms with Gasteiger partial charge in [-0.3, -0.25) is 0 Å². The molecule has 1 aromatic carbocycles. The van der Waals surface area contributed by atoms with Crippen molar-refractivity contribution in [3.63, 3.8) is 0 Å². The fraction of sp³-hybridized carbons (Fsp3) is 0.200. The smallest absolute Gasteiger partial charge is 0.179 e. The van der Waals surface area contributed by atoms with Gasteiger partial charge in [0.1, 0.15) is 5.01 Å². The summed E-state index contributed by atoms with van der Waals surface area (Å²) in [7, 11) is 0. The first kappa shape index (κ1) is 12.0. The van der Waals surface area contributed by atoms with E-state index in [1.54, 1.807) is 23.1 Å². The summed E-state index contributed by atoms with van der Waals surface area (Å²) in [6, 6.07) is 6.05. The van der Waals surface area contributed by atoms with Crippen LogP contribution in [0.15, 0.2) is 31.9 Å². The van der Waals surface area contributed by atoms with Gasteiger partial charge in [-0.25, -0.2) is 0 Å². The van der Waals surface area contributed by atoms with Crippen LogP contribution in [0.2, 0.25) is 0 Å². The largest absolute Gasteiger partial charge is 0.326 e. The Balaban J connectivity index is 2.30. The Bertz CT molecular complexity index is 499. The van der Waals surface area contributed by atoms with Crippen molar-refractivity contribution >= 4 is 39.0 Å². The lowest BCUT2D eigenvalue weighted by atomic mass is 10.2. The summed E-state index contributed by atoms with van der Waals surface area (Å²) in [5, 5.41) is 9.07. The molecule has 0 bridgehead atoms. The molecule has 2 N–H and O–H groups in total. The molecule has 1 heterocycles. The molecule has 2 rings (SSSR count). The summed E-state index contributed by atoms with van der Waals surface area (Å²) in [5.41, 5.74) is 6.85. The van der Waals surface area contributed by atoms with Crippen LogP contribution in [-0.2, 0) is 6.54 Å². The van der Waals surface area contributed by atoms with Crippen molar-refractivity contribution in [3.8, 4) is 0 Å². The molecule has 0 atom stereocenters. The topological polar surface area (TPSA) is 51.8 Å². The summed E-state index contributed by atoms with van der Waals surface area (Å²) < 4.78 is 1.99. The fourth-order valence-corrected chi connectivity index (χ4v) is 3.85. The van der Waals surface area contributed by atoms with Gasteiger partial charge >= 0.3 is 0 Å². The zero-order chi connectivity index (χ0) is 11.5. The van der Waals surface area contributed by atoms with Crippen LogP contribution in [0.5, 0.6) is 0 Å². The lowest BCUT2D eigenvalue weighted by molar-refractivity contribution is 0.978. The number of nitrogens with two attached hydrogens (primary N) is 1. The third kappa shape index (κ3) is 2.63. The van der Waals surface area contributed by atoms with E-state index in [4.69, 9.17) is 5.73 Å². The standard InChI is InChI=1S/C10H10BrN3S2/c1-6-13-14-10(15-6)16-9-4-2-3-8(11)7(9)5-12/h2-4H,5,12H2,1H3. The zero-order valence-electron chi connectivity index (χ0n) is 8.61. The van der Waals surface area contributed by atoms with Crippen molar-refractivity contribution in [2.24, 2.45) is 5.73 Å². The molecule has 16 heavy (non-hydrogen) atoms. The van der Waals surface area contributed by atoms with Crippen LogP contribution in [0.25, 0.3) is 0 Å². The first-order valence-electron chi connectivity index (χ1n) is 4.66. The molecule has 1 aromatic heterocycles. The third-order valence-corrected chi connectivity index (χ3v) is 4.72. The minimum atomic E-state index is 0.515. The minimum Gasteiger partial charge on any atom is -0.326 e. The highest BCUT2D eigenvalue weighted by Gasteiger charge is 2.09. The molecule has 0 saturated heterocycles. The summed E-state index contributed by atoms with van der Waals surface area (Å²) >= 11 is 6.70. The Morgan fingerprint density at radius 1 is 1.44 bits per heavy atom. The number of hydrogen-bond acceptors (Lipinski definition) is 5. The minimum absolute atomic E-state index is 0.515. The van der Waals surface area contributed by atoms with E-state index in [-0.39, 0.29) is 0 Å². The van der Waals surface area contributed by atoms with Gasteiger partial charge in [0.15, 0.2) is 4.34 Å². The number of nitrogens with zero attached hydrogens (tertiary/aromatic N) is 2. The number of rotatable bonds is 3. The predicted molar refractivity (Wildman–Crippen MR) is 70.8 cm³/mol. The second-order valence-electron chi connectivity index (χ2n) is 3.11. The van der Waals surface area contributed by atoms with Crippen LogP contribution in [0.1, 0.15) is 10.6 Å². The number of aryl methyl sites for hydroxylation is 1. The van der Waals surface area contributed by atoms with Crippen LogP contribution >= 0.6 is 39.0 Å². The van der Waals surface area contributed by atoms with Crippen LogP contribution in [0.4, 0.5) is 0 Å². The molecule has 0 saturated carbocycles. The number of aromatic nitrogens is 2. The van der Waals surface area contributed by atoms with Crippen molar-refractivity contribution in [3.05, 3.63) is 33.2 Å². The molecule has 2 aromatic rings.